The summed E-state index contributed by atoms with van der Waals surface area (Å²) in [7, 11) is 3.11. The fourth-order valence-corrected chi connectivity index (χ4v) is 2.45. The topological polar surface area (TPSA) is 94.1 Å². The van der Waals surface area contributed by atoms with Crippen molar-refractivity contribution in [2.24, 2.45) is 0 Å². The van der Waals surface area contributed by atoms with E-state index in [1.54, 1.807) is 51.5 Å². The number of hydrogen-bond donors (Lipinski definition) is 2. The van der Waals surface area contributed by atoms with E-state index in [1.165, 1.54) is 12.1 Å². The van der Waals surface area contributed by atoms with E-state index in [-0.39, 0.29) is 29.9 Å². The van der Waals surface area contributed by atoms with E-state index < -0.39 is 5.97 Å². The lowest BCUT2D eigenvalue weighted by molar-refractivity contribution is -0.123. The first kappa shape index (κ1) is 19.1. The van der Waals surface area contributed by atoms with E-state index in [4.69, 9.17) is 19.3 Å². The number of aromatic carboxylic acids is 1. The number of hydrogen-bond acceptors (Lipinski definition) is 5. The van der Waals surface area contributed by atoms with E-state index in [9.17, 15) is 9.59 Å². The highest BCUT2D eigenvalue weighted by molar-refractivity contribution is 5.91. The molecule has 0 radical (unpaired) electrons. The van der Waals surface area contributed by atoms with Crippen LogP contribution in [0.2, 0.25) is 0 Å². The summed E-state index contributed by atoms with van der Waals surface area (Å²) in [5, 5.41) is 11.9. The van der Waals surface area contributed by atoms with Crippen LogP contribution in [0.4, 0.5) is 0 Å². The van der Waals surface area contributed by atoms with Crippen LogP contribution in [0.15, 0.2) is 42.5 Å². The smallest absolute Gasteiger partial charge is 0.339 e. The normalized spacial score (nSPS) is 11.3. The molecular formula is C19H21NO6. The van der Waals surface area contributed by atoms with Crippen LogP contribution >= 0.6 is 0 Å². The van der Waals surface area contributed by atoms with Gasteiger partial charge in [-0.3, -0.25) is 4.79 Å². The SMILES string of the molecule is COc1ccc(OC)c([C@H](C)NC(=O)COc2ccccc2C(=O)O)c1. The van der Waals surface area contributed by atoms with Crippen molar-refractivity contribution in [2.75, 3.05) is 20.8 Å². The quantitative estimate of drug-likeness (QED) is 0.753. The van der Waals surface area contributed by atoms with Gasteiger partial charge in [0.15, 0.2) is 6.61 Å². The Kier molecular flexibility index (Phi) is 6.43. The number of carbonyl (C=O) groups is 2. The Balaban J connectivity index is 2.03. The van der Waals surface area contributed by atoms with Gasteiger partial charge in [-0.15, -0.1) is 0 Å². The number of para-hydroxylation sites is 1. The number of nitrogens with one attached hydrogen (secondary N) is 1. The van der Waals surface area contributed by atoms with Gasteiger partial charge in [-0.05, 0) is 37.3 Å². The van der Waals surface area contributed by atoms with Gasteiger partial charge in [0.1, 0.15) is 22.8 Å². The molecule has 26 heavy (non-hydrogen) atoms. The van der Waals surface area contributed by atoms with Gasteiger partial charge in [-0.25, -0.2) is 4.79 Å². The summed E-state index contributed by atoms with van der Waals surface area (Å²) in [6.07, 6.45) is 0. The number of methoxy groups -OCH3 is 2. The largest absolute Gasteiger partial charge is 0.497 e. The molecule has 0 saturated carbocycles. The first-order valence-corrected chi connectivity index (χ1v) is 7.92. The Labute approximate surface area is 151 Å². The predicted molar refractivity (Wildman–Crippen MR) is 95.0 cm³/mol. The molecule has 138 valence electrons. The van der Waals surface area contributed by atoms with E-state index in [0.29, 0.717) is 11.5 Å². The number of amides is 1. The number of carbonyl (C=O) groups excluding carboxylic acids is 1. The molecule has 0 heterocycles. The summed E-state index contributed by atoms with van der Waals surface area (Å²) in [6.45, 7) is 1.50. The summed E-state index contributed by atoms with van der Waals surface area (Å²) in [5.41, 5.74) is 0.758. The average Bonchev–Trinajstić information content (AvgIpc) is 2.65. The molecule has 1 atom stereocenters. The Hall–Kier alpha value is -3.22. The predicted octanol–water partition coefficient (Wildman–Crippen LogP) is 2.66. The molecule has 0 aliphatic carbocycles. The highest BCUT2D eigenvalue weighted by atomic mass is 16.5. The zero-order chi connectivity index (χ0) is 19.1. The summed E-state index contributed by atoms with van der Waals surface area (Å²) in [4.78, 5) is 23.3. The number of rotatable bonds is 8. The number of carboxylic acids is 1. The lowest BCUT2D eigenvalue weighted by atomic mass is 10.1. The molecule has 2 rings (SSSR count). The van der Waals surface area contributed by atoms with Crippen LogP contribution in [0.5, 0.6) is 17.2 Å². The van der Waals surface area contributed by atoms with Gasteiger partial charge in [-0.1, -0.05) is 12.1 Å². The highest BCUT2D eigenvalue weighted by Gasteiger charge is 2.17. The molecule has 0 saturated heterocycles. The maximum atomic E-state index is 12.2. The fourth-order valence-electron chi connectivity index (χ4n) is 2.45. The second-order valence-corrected chi connectivity index (χ2v) is 5.49. The van der Waals surface area contributed by atoms with Crippen molar-refractivity contribution in [3.8, 4) is 17.2 Å². The third kappa shape index (κ3) is 4.66. The molecule has 0 aromatic heterocycles. The van der Waals surface area contributed by atoms with Crippen molar-refractivity contribution < 1.29 is 28.9 Å². The lowest BCUT2D eigenvalue weighted by Crippen LogP contribution is -2.31. The summed E-state index contributed by atoms with van der Waals surface area (Å²) >= 11 is 0. The number of benzene rings is 2. The monoisotopic (exact) mass is 359 g/mol. The van der Waals surface area contributed by atoms with Gasteiger partial charge in [0, 0.05) is 5.56 Å². The third-order valence-electron chi connectivity index (χ3n) is 3.76. The molecular weight excluding hydrogens is 338 g/mol. The molecule has 0 spiro atoms. The van der Waals surface area contributed by atoms with Gasteiger partial charge in [0.2, 0.25) is 0 Å². The first-order chi connectivity index (χ1) is 12.5. The van der Waals surface area contributed by atoms with Crippen molar-refractivity contribution in [1.29, 1.82) is 0 Å². The van der Waals surface area contributed by atoms with Gasteiger partial charge in [0.05, 0.1) is 20.3 Å². The molecule has 0 aliphatic heterocycles. The molecule has 0 fully saturated rings. The molecule has 0 aliphatic rings. The van der Waals surface area contributed by atoms with E-state index in [1.807, 2.05) is 0 Å². The van der Waals surface area contributed by atoms with E-state index in [0.717, 1.165) is 5.56 Å². The van der Waals surface area contributed by atoms with Gasteiger partial charge >= 0.3 is 5.97 Å². The molecule has 7 nitrogen and oxygen atoms in total. The standard InChI is InChI=1S/C19H21NO6/c1-12(15-10-13(24-2)8-9-16(15)25-3)20-18(21)11-26-17-7-5-4-6-14(17)19(22)23/h4-10,12H,11H2,1-3H3,(H,20,21)(H,22,23)/t12-/m0/s1. The summed E-state index contributed by atoms with van der Waals surface area (Å²) in [5.74, 6) is -0.0934. The Bertz CT molecular complexity index is 789. The van der Waals surface area contributed by atoms with Gasteiger partial charge < -0.3 is 24.6 Å². The molecule has 0 unspecified atom stereocenters. The Morgan fingerprint density at radius 1 is 1.08 bits per heavy atom. The fraction of sp³-hybridized carbons (Fsp3) is 0.263. The van der Waals surface area contributed by atoms with Crippen molar-refractivity contribution in [1.82, 2.24) is 5.32 Å². The van der Waals surface area contributed by atoms with Crippen LogP contribution in [0, 0.1) is 0 Å². The maximum absolute atomic E-state index is 12.2. The summed E-state index contributed by atoms with van der Waals surface area (Å²) in [6, 6.07) is 11.1. The zero-order valence-electron chi connectivity index (χ0n) is 14.8. The van der Waals surface area contributed by atoms with Crippen LogP contribution < -0.4 is 19.5 Å². The zero-order valence-corrected chi connectivity index (χ0v) is 14.8. The lowest BCUT2D eigenvalue weighted by Gasteiger charge is -2.18. The van der Waals surface area contributed by atoms with Crippen molar-refractivity contribution in [3.05, 3.63) is 53.6 Å². The van der Waals surface area contributed by atoms with Crippen molar-refractivity contribution >= 4 is 11.9 Å². The van der Waals surface area contributed by atoms with Crippen LogP contribution in [-0.4, -0.2) is 37.8 Å². The minimum absolute atomic E-state index is 0.00261. The second-order valence-electron chi connectivity index (χ2n) is 5.49. The van der Waals surface area contributed by atoms with Crippen LogP contribution in [-0.2, 0) is 4.79 Å². The average molecular weight is 359 g/mol. The second kappa shape index (κ2) is 8.75. The third-order valence-corrected chi connectivity index (χ3v) is 3.76. The van der Waals surface area contributed by atoms with Crippen LogP contribution in [0.25, 0.3) is 0 Å². The minimum atomic E-state index is -1.12. The molecule has 0 bridgehead atoms. The number of ether oxygens (including phenoxy) is 3. The summed E-state index contributed by atoms with van der Waals surface area (Å²) < 4.78 is 15.9. The molecule has 1 amide bonds. The van der Waals surface area contributed by atoms with Crippen LogP contribution in [0.3, 0.4) is 0 Å². The van der Waals surface area contributed by atoms with E-state index in [2.05, 4.69) is 5.32 Å². The molecule has 2 aromatic rings. The Morgan fingerprint density at radius 2 is 1.81 bits per heavy atom. The van der Waals surface area contributed by atoms with Crippen molar-refractivity contribution in [2.45, 2.75) is 13.0 Å². The highest BCUT2D eigenvalue weighted by Crippen LogP contribution is 2.29. The molecule has 2 N–H and O–H groups in total. The molecule has 2 aromatic carbocycles. The van der Waals surface area contributed by atoms with Gasteiger partial charge in [0.25, 0.3) is 5.91 Å². The van der Waals surface area contributed by atoms with Gasteiger partial charge in [-0.2, -0.15) is 0 Å². The molecule has 7 heteroatoms. The Morgan fingerprint density at radius 3 is 2.46 bits per heavy atom. The number of carboxylic acid groups (broad SMARTS) is 1. The van der Waals surface area contributed by atoms with E-state index >= 15 is 0 Å². The maximum Gasteiger partial charge on any atom is 0.339 e. The first-order valence-electron chi connectivity index (χ1n) is 7.92. The van der Waals surface area contributed by atoms with Crippen molar-refractivity contribution in [3.63, 3.8) is 0 Å². The minimum Gasteiger partial charge on any atom is -0.497 e. The van der Waals surface area contributed by atoms with Crippen LogP contribution in [0.1, 0.15) is 28.9 Å².